The van der Waals surface area contributed by atoms with E-state index in [-0.39, 0.29) is 0 Å². The van der Waals surface area contributed by atoms with Crippen LogP contribution in [0.25, 0.3) is 0 Å². The molecule has 1 atom stereocenters. The van der Waals surface area contributed by atoms with Gasteiger partial charge in [0.1, 0.15) is 0 Å². The molecule has 1 fully saturated rings. The molecule has 1 heterocycles. The molecule has 1 aliphatic rings. The number of hydrogen-bond acceptors (Lipinski definition) is 4. The molecular weight excluding hydrogens is 226 g/mol. The van der Waals surface area contributed by atoms with E-state index in [1.165, 1.54) is 25.9 Å². The number of rotatable bonds is 7. The quantitative estimate of drug-likeness (QED) is 0.711. The lowest BCUT2D eigenvalue weighted by molar-refractivity contribution is 0.0300. The van der Waals surface area contributed by atoms with Gasteiger partial charge in [-0.15, -0.1) is 0 Å². The van der Waals surface area contributed by atoms with E-state index in [9.17, 15) is 5.11 Å². The highest BCUT2D eigenvalue weighted by atomic mass is 16.3. The van der Waals surface area contributed by atoms with Gasteiger partial charge < -0.3 is 20.6 Å². The second-order valence-corrected chi connectivity index (χ2v) is 5.90. The van der Waals surface area contributed by atoms with E-state index >= 15 is 0 Å². The van der Waals surface area contributed by atoms with Crippen LogP contribution in [-0.4, -0.2) is 66.8 Å². The van der Waals surface area contributed by atoms with Gasteiger partial charge >= 0.3 is 0 Å². The van der Waals surface area contributed by atoms with Gasteiger partial charge in [-0.25, -0.2) is 0 Å². The molecule has 0 aromatic heterocycles. The predicted octanol–water partition coefficient (Wildman–Crippen LogP) is 0.892. The van der Waals surface area contributed by atoms with Crippen molar-refractivity contribution in [2.75, 3.05) is 40.3 Å². The molecule has 0 saturated carbocycles. The average Bonchev–Trinajstić information content (AvgIpc) is 2.39. The topological polar surface area (TPSA) is 52.7 Å². The fourth-order valence-electron chi connectivity index (χ4n) is 2.70. The maximum atomic E-state index is 10.1. The van der Waals surface area contributed by atoms with Crippen LogP contribution in [0.3, 0.4) is 0 Å². The molecule has 0 amide bonds. The largest absolute Gasteiger partial charge is 0.389 e. The van der Waals surface area contributed by atoms with Crippen LogP contribution in [0.2, 0.25) is 0 Å². The number of nitrogens with two attached hydrogens (primary N) is 1. The molecule has 0 spiro atoms. The highest BCUT2D eigenvalue weighted by Gasteiger charge is 2.24. The van der Waals surface area contributed by atoms with Gasteiger partial charge in [0.05, 0.1) is 5.60 Å². The van der Waals surface area contributed by atoms with Gasteiger partial charge in [-0.2, -0.15) is 0 Å². The van der Waals surface area contributed by atoms with Crippen molar-refractivity contribution in [3.8, 4) is 0 Å². The van der Waals surface area contributed by atoms with Crippen molar-refractivity contribution in [1.29, 1.82) is 0 Å². The molecule has 0 aromatic carbocycles. The van der Waals surface area contributed by atoms with Crippen LogP contribution in [0, 0.1) is 0 Å². The molecule has 108 valence electrons. The Morgan fingerprint density at radius 1 is 1.39 bits per heavy atom. The number of piperidine rings is 1. The Bertz CT molecular complexity index is 223. The summed E-state index contributed by atoms with van der Waals surface area (Å²) in [7, 11) is 4.41. The summed E-state index contributed by atoms with van der Waals surface area (Å²) in [5.74, 6) is 0. The molecule has 1 aliphatic heterocycles. The Morgan fingerprint density at radius 2 is 2.00 bits per heavy atom. The third kappa shape index (κ3) is 4.84. The zero-order chi connectivity index (χ0) is 13.6. The van der Waals surface area contributed by atoms with Crippen molar-refractivity contribution in [1.82, 2.24) is 9.80 Å². The van der Waals surface area contributed by atoms with Crippen LogP contribution in [-0.2, 0) is 0 Å². The van der Waals surface area contributed by atoms with Gasteiger partial charge in [-0.05, 0) is 65.8 Å². The average molecular weight is 257 g/mol. The van der Waals surface area contributed by atoms with Crippen LogP contribution in [0.4, 0.5) is 0 Å². The first-order chi connectivity index (χ1) is 8.50. The molecule has 0 aromatic rings. The van der Waals surface area contributed by atoms with Crippen molar-refractivity contribution in [2.45, 2.75) is 50.7 Å². The molecule has 3 N–H and O–H groups in total. The first kappa shape index (κ1) is 15.9. The first-order valence-electron chi connectivity index (χ1n) is 7.32. The molecule has 4 nitrogen and oxygen atoms in total. The van der Waals surface area contributed by atoms with Gasteiger partial charge in [0.2, 0.25) is 0 Å². The third-order valence-corrected chi connectivity index (χ3v) is 4.50. The van der Waals surface area contributed by atoms with E-state index in [4.69, 9.17) is 5.73 Å². The van der Waals surface area contributed by atoms with Crippen LogP contribution in [0.15, 0.2) is 0 Å². The van der Waals surface area contributed by atoms with Crippen LogP contribution in [0.1, 0.15) is 39.0 Å². The summed E-state index contributed by atoms with van der Waals surface area (Å²) in [4.78, 5) is 4.86. The number of likely N-dealkylation sites (tertiary alicyclic amines) is 1. The van der Waals surface area contributed by atoms with Crippen molar-refractivity contribution in [3.05, 3.63) is 0 Å². The van der Waals surface area contributed by atoms with Crippen molar-refractivity contribution < 1.29 is 5.11 Å². The fraction of sp³-hybridized carbons (Fsp3) is 1.00. The van der Waals surface area contributed by atoms with E-state index in [0.29, 0.717) is 12.6 Å². The summed E-state index contributed by atoms with van der Waals surface area (Å²) in [6.45, 7) is 5.86. The van der Waals surface area contributed by atoms with Crippen LogP contribution in [0.5, 0.6) is 0 Å². The Hall–Kier alpha value is -0.160. The standard InChI is InChI=1S/C14H31N3O/c1-4-14(18,12-15)8-5-9-17(3)13-6-10-16(2)11-7-13/h13,18H,4-12,15H2,1-3H3. The van der Waals surface area contributed by atoms with Gasteiger partial charge in [-0.3, -0.25) is 0 Å². The maximum absolute atomic E-state index is 10.1. The SMILES string of the molecule is CCC(O)(CN)CCCN(C)C1CCN(C)CC1. The van der Waals surface area contributed by atoms with Gasteiger partial charge in [-0.1, -0.05) is 6.92 Å². The van der Waals surface area contributed by atoms with Crippen molar-refractivity contribution in [3.63, 3.8) is 0 Å². The summed E-state index contributed by atoms with van der Waals surface area (Å²) in [5, 5.41) is 10.1. The van der Waals surface area contributed by atoms with Crippen molar-refractivity contribution in [2.24, 2.45) is 5.73 Å². The molecule has 0 bridgehead atoms. The molecule has 1 unspecified atom stereocenters. The zero-order valence-corrected chi connectivity index (χ0v) is 12.4. The maximum Gasteiger partial charge on any atom is 0.0767 e. The Balaban J connectivity index is 2.22. The molecular formula is C14H31N3O. The summed E-state index contributed by atoms with van der Waals surface area (Å²) in [6.07, 6.45) is 5.13. The van der Waals surface area contributed by atoms with E-state index in [0.717, 1.165) is 25.8 Å². The minimum Gasteiger partial charge on any atom is -0.389 e. The summed E-state index contributed by atoms with van der Waals surface area (Å²) in [6, 6.07) is 0.716. The lowest BCUT2D eigenvalue weighted by Gasteiger charge is -2.35. The normalized spacial score (nSPS) is 22.3. The highest BCUT2D eigenvalue weighted by molar-refractivity contribution is 4.80. The lowest BCUT2D eigenvalue weighted by Crippen LogP contribution is -2.43. The molecule has 18 heavy (non-hydrogen) atoms. The molecule has 0 aliphatic carbocycles. The highest BCUT2D eigenvalue weighted by Crippen LogP contribution is 2.18. The molecule has 4 heteroatoms. The Kier molecular flexibility index (Phi) is 6.57. The summed E-state index contributed by atoms with van der Waals surface area (Å²) >= 11 is 0. The van der Waals surface area contributed by atoms with E-state index in [1.54, 1.807) is 0 Å². The molecule has 0 radical (unpaired) electrons. The van der Waals surface area contributed by atoms with Crippen molar-refractivity contribution >= 4 is 0 Å². The predicted molar refractivity (Wildman–Crippen MR) is 76.7 cm³/mol. The third-order valence-electron chi connectivity index (χ3n) is 4.50. The van der Waals surface area contributed by atoms with Gasteiger partial charge in [0, 0.05) is 12.6 Å². The van der Waals surface area contributed by atoms with Crippen LogP contribution < -0.4 is 5.73 Å². The Morgan fingerprint density at radius 3 is 2.50 bits per heavy atom. The fourth-order valence-corrected chi connectivity index (χ4v) is 2.70. The minimum atomic E-state index is -0.645. The van der Waals surface area contributed by atoms with Gasteiger partial charge in [0.15, 0.2) is 0 Å². The second-order valence-electron chi connectivity index (χ2n) is 5.90. The lowest BCUT2D eigenvalue weighted by atomic mass is 9.94. The number of nitrogens with zero attached hydrogens (tertiary/aromatic N) is 2. The summed E-state index contributed by atoms with van der Waals surface area (Å²) < 4.78 is 0. The molecule has 1 rings (SSSR count). The van der Waals surface area contributed by atoms with Crippen LogP contribution >= 0.6 is 0 Å². The van der Waals surface area contributed by atoms with Gasteiger partial charge in [0.25, 0.3) is 0 Å². The zero-order valence-electron chi connectivity index (χ0n) is 12.4. The van der Waals surface area contributed by atoms with E-state index < -0.39 is 5.60 Å². The smallest absolute Gasteiger partial charge is 0.0767 e. The second kappa shape index (κ2) is 7.43. The minimum absolute atomic E-state index is 0.376. The van der Waals surface area contributed by atoms with E-state index in [2.05, 4.69) is 23.9 Å². The van der Waals surface area contributed by atoms with E-state index in [1.807, 2.05) is 6.92 Å². The first-order valence-corrected chi connectivity index (χ1v) is 7.32. The molecule has 1 saturated heterocycles. The summed E-state index contributed by atoms with van der Waals surface area (Å²) in [5.41, 5.74) is 4.98. The monoisotopic (exact) mass is 257 g/mol. The Labute approximate surface area is 112 Å². The number of aliphatic hydroxyl groups is 1. The number of hydrogen-bond donors (Lipinski definition) is 2.